The average molecular weight is 380 g/mol. The SMILES string of the molecule is CCN1CCN(C(C)(C)CNC(=O)C(c2ccccc2)c2ccccc2)CC1. The van der Waals surface area contributed by atoms with Gasteiger partial charge < -0.3 is 10.2 Å². The van der Waals surface area contributed by atoms with Gasteiger partial charge in [0.15, 0.2) is 0 Å². The summed E-state index contributed by atoms with van der Waals surface area (Å²) in [4.78, 5) is 18.2. The van der Waals surface area contributed by atoms with Crippen LogP contribution < -0.4 is 5.32 Å². The molecular formula is C24H33N3O. The van der Waals surface area contributed by atoms with E-state index in [1.54, 1.807) is 0 Å². The van der Waals surface area contributed by atoms with Gasteiger partial charge in [-0.05, 0) is 31.5 Å². The van der Waals surface area contributed by atoms with Gasteiger partial charge in [-0.2, -0.15) is 0 Å². The molecule has 28 heavy (non-hydrogen) atoms. The summed E-state index contributed by atoms with van der Waals surface area (Å²) in [7, 11) is 0. The summed E-state index contributed by atoms with van der Waals surface area (Å²) in [6.45, 7) is 12.7. The Morgan fingerprint density at radius 3 is 1.89 bits per heavy atom. The number of hydrogen-bond acceptors (Lipinski definition) is 3. The molecular weight excluding hydrogens is 346 g/mol. The van der Waals surface area contributed by atoms with Crippen LogP contribution in [0.2, 0.25) is 0 Å². The second kappa shape index (κ2) is 9.35. The van der Waals surface area contributed by atoms with Crippen molar-refractivity contribution in [3.8, 4) is 0 Å². The van der Waals surface area contributed by atoms with Gasteiger partial charge in [0, 0.05) is 38.3 Å². The highest BCUT2D eigenvalue weighted by Crippen LogP contribution is 2.25. The molecule has 0 spiro atoms. The summed E-state index contributed by atoms with van der Waals surface area (Å²) >= 11 is 0. The Hall–Kier alpha value is -2.17. The molecule has 2 aromatic carbocycles. The van der Waals surface area contributed by atoms with E-state index in [1.807, 2.05) is 60.7 Å². The molecule has 0 radical (unpaired) electrons. The molecule has 0 unspecified atom stereocenters. The van der Waals surface area contributed by atoms with E-state index in [4.69, 9.17) is 0 Å². The molecule has 1 N–H and O–H groups in total. The molecule has 1 fully saturated rings. The fourth-order valence-electron chi connectivity index (χ4n) is 3.97. The molecule has 0 bridgehead atoms. The minimum atomic E-state index is -0.282. The van der Waals surface area contributed by atoms with Crippen LogP contribution in [0.5, 0.6) is 0 Å². The number of piperazine rings is 1. The van der Waals surface area contributed by atoms with Crippen LogP contribution in [0.1, 0.15) is 37.8 Å². The Morgan fingerprint density at radius 1 is 0.929 bits per heavy atom. The highest BCUT2D eigenvalue weighted by atomic mass is 16.1. The zero-order chi connectivity index (χ0) is 20.0. The first-order chi connectivity index (χ1) is 13.5. The zero-order valence-electron chi connectivity index (χ0n) is 17.4. The van der Waals surface area contributed by atoms with E-state index in [0.717, 1.165) is 43.9 Å². The van der Waals surface area contributed by atoms with E-state index >= 15 is 0 Å². The van der Waals surface area contributed by atoms with Crippen LogP contribution in [0.15, 0.2) is 60.7 Å². The first-order valence-electron chi connectivity index (χ1n) is 10.4. The molecule has 0 saturated carbocycles. The van der Waals surface area contributed by atoms with Gasteiger partial charge in [-0.3, -0.25) is 9.69 Å². The number of nitrogens with zero attached hydrogens (tertiary/aromatic N) is 2. The van der Waals surface area contributed by atoms with E-state index in [2.05, 4.69) is 35.9 Å². The van der Waals surface area contributed by atoms with Gasteiger partial charge in [0.1, 0.15) is 0 Å². The second-order valence-corrected chi connectivity index (χ2v) is 8.21. The average Bonchev–Trinajstić information content (AvgIpc) is 2.74. The standard InChI is InChI=1S/C24H33N3O/c1-4-26-15-17-27(18-16-26)24(2,3)19-25-23(28)22(20-11-7-5-8-12-20)21-13-9-6-10-14-21/h5-14,22H,4,15-19H2,1-3H3,(H,25,28). The van der Waals surface area contributed by atoms with Gasteiger partial charge in [0.05, 0.1) is 5.92 Å². The Bertz CT molecular complexity index is 697. The maximum absolute atomic E-state index is 13.2. The van der Waals surface area contributed by atoms with E-state index < -0.39 is 0 Å². The summed E-state index contributed by atoms with van der Waals surface area (Å²) in [5, 5.41) is 3.25. The van der Waals surface area contributed by atoms with Crippen molar-refractivity contribution in [2.24, 2.45) is 0 Å². The van der Waals surface area contributed by atoms with E-state index in [1.165, 1.54) is 0 Å². The number of nitrogens with one attached hydrogen (secondary N) is 1. The van der Waals surface area contributed by atoms with Gasteiger partial charge in [0.25, 0.3) is 0 Å². The third-order valence-electron chi connectivity index (χ3n) is 5.90. The number of amides is 1. The maximum atomic E-state index is 13.2. The predicted octanol–water partition coefficient (Wildman–Crippen LogP) is 3.35. The summed E-state index contributed by atoms with van der Waals surface area (Å²) < 4.78 is 0. The predicted molar refractivity (Wildman–Crippen MR) is 116 cm³/mol. The number of benzene rings is 2. The third-order valence-corrected chi connectivity index (χ3v) is 5.90. The summed E-state index contributed by atoms with van der Waals surface area (Å²) in [6, 6.07) is 20.1. The maximum Gasteiger partial charge on any atom is 0.232 e. The van der Waals surface area contributed by atoms with E-state index in [9.17, 15) is 4.79 Å². The third kappa shape index (κ3) is 5.00. The number of hydrogen-bond donors (Lipinski definition) is 1. The number of likely N-dealkylation sites (N-methyl/N-ethyl adjacent to an activating group) is 1. The van der Waals surface area contributed by atoms with Gasteiger partial charge in [-0.15, -0.1) is 0 Å². The van der Waals surface area contributed by atoms with Gasteiger partial charge >= 0.3 is 0 Å². The molecule has 1 saturated heterocycles. The van der Waals surface area contributed by atoms with Crippen molar-refractivity contribution in [3.63, 3.8) is 0 Å². The van der Waals surface area contributed by atoms with E-state index in [0.29, 0.717) is 6.54 Å². The molecule has 0 aromatic heterocycles. The highest BCUT2D eigenvalue weighted by molar-refractivity contribution is 5.87. The van der Waals surface area contributed by atoms with E-state index in [-0.39, 0.29) is 17.4 Å². The number of carbonyl (C=O) groups excluding carboxylic acids is 1. The molecule has 1 amide bonds. The molecule has 150 valence electrons. The fourth-order valence-corrected chi connectivity index (χ4v) is 3.97. The van der Waals surface area contributed by atoms with Crippen molar-refractivity contribution in [2.75, 3.05) is 39.3 Å². The Labute approximate surface area is 169 Å². The summed E-state index contributed by atoms with van der Waals surface area (Å²) in [5.41, 5.74) is 1.99. The minimum Gasteiger partial charge on any atom is -0.353 e. The van der Waals surface area contributed by atoms with Gasteiger partial charge in [-0.1, -0.05) is 67.6 Å². The van der Waals surface area contributed by atoms with Gasteiger partial charge in [-0.25, -0.2) is 0 Å². The summed E-state index contributed by atoms with van der Waals surface area (Å²) in [6.07, 6.45) is 0. The van der Waals surface area contributed by atoms with Crippen LogP contribution in [0.3, 0.4) is 0 Å². The topological polar surface area (TPSA) is 35.6 Å². The van der Waals surface area contributed by atoms with Gasteiger partial charge in [0.2, 0.25) is 5.91 Å². The lowest BCUT2D eigenvalue weighted by Crippen LogP contribution is -2.58. The molecule has 1 heterocycles. The lowest BCUT2D eigenvalue weighted by molar-refractivity contribution is -0.122. The first kappa shape index (κ1) is 20.6. The van der Waals surface area contributed by atoms with Crippen LogP contribution in [0.4, 0.5) is 0 Å². The lowest BCUT2D eigenvalue weighted by atomic mass is 9.90. The van der Waals surface area contributed by atoms with Crippen LogP contribution in [-0.2, 0) is 4.79 Å². The van der Waals surface area contributed by atoms with Crippen LogP contribution >= 0.6 is 0 Å². The fraction of sp³-hybridized carbons (Fsp3) is 0.458. The molecule has 2 aromatic rings. The zero-order valence-corrected chi connectivity index (χ0v) is 17.4. The Kier molecular flexibility index (Phi) is 6.87. The van der Waals surface area contributed by atoms with Crippen molar-refractivity contribution in [3.05, 3.63) is 71.8 Å². The molecule has 1 aliphatic rings. The smallest absolute Gasteiger partial charge is 0.232 e. The highest BCUT2D eigenvalue weighted by Gasteiger charge is 2.31. The largest absolute Gasteiger partial charge is 0.353 e. The monoisotopic (exact) mass is 379 g/mol. The first-order valence-corrected chi connectivity index (χ1v) is 10.4. The summed E-state index contributed by atoms with van der Waals surface area (Å²) in [5.74, 6) is -0.215. The molecule has 0 aliphatic carbocycles. The Morgan fingerprint density at radius 2 is 1.43 bits per heavy atom. The molecule has 1 aliphatic heterocycles. The minimum absolute atomic E-state index is 0.0621. The van der Waals surface area contributed by atoms with Crippen LogP contribution in [0.25, 0.3) is 0 Å². The van der Waals surface area contributed by atoms with Crippen molar-refractivity contribution in [1.29, 1.82) is 0 Å². The lowest BCUT2D eigenvalue weighted by Gasteiger charge is -2.44. The van der Waals surface area contributed by atoms with Crippen LogP contribution in [0, 0.1) is 0 Å². The second-order valence-electron chi connectivity index (χ2n) is 8.21. The number of rotatable bonds is 7. The van der Waals surface area contributed by atoms with Crippen molar-refractivity contribution in [1.82, 2.24) is 15.1 Å². The molecule has 0 atom stereocenters. The van der Waals surface area contributed by atoms with Crippen molar-refractivity contribution < 1.29 is 4.79 Å². The Balaban J connectivity index is 1.69. The van der Waals surface area contributed by atoms with Crippen molar-refractivity contribution >= 4 is 5.91 Å². The molecule has 4 heteroatoms. The quantitative estimate of drug-likeness (QED) is 0.801. The normalized spacial score (nSPS) is 16.3. The number of carbonyl (C=O) groups is 1. The molecule has 3 rings (SSSR count). The van der Waals surface area contributed by atoms with Crippen molar-refractivity contribution in [2.45, 2.75) is 32.2 Å². The molecule has 4 nitrogen and oxygen atoms in total. The van der Waals surface area contributed by atoms with Crippen LogP contribution in [-0.4, -0.2) is 60.5 Å².